The summed E-state index contributed by atoms with van der Waals surface area (Å²) in [6, 6.07) is 16.9. The van der Waals surface area contributed by atoms with E-state index in [-0.39, 0.29) is 13.2 Å². The van der Waals surface area contributed by atoms with Crippen molar-refractivity contribution in [1.82, 2.24) is 14.5 Å². The highest BCUT2D eigenvalue weighted by Gasteiger charge is 2.12. The van der Waals surface area contributed by atoms with Gasteiger partial charge in [-0.25, -0.2) is 17.8 Å². The zero-order valence-corrected chi connectivity index (χ0v) is 17.3. The number of sulfonamides is 1. The van der Waals surface area contributed by atoms with Crippen LogP contribution in [-0.4, -0.2) is 51.8 Å². The Kier molecular flexibility index (Phi) is 6.40. The molecule has 0 radical (unpaired) electrons. The molecule has 0 saturated heterocycles. The number of methoxy groups -OCH3 is 2. The van der Waals surface area contributed by atoms with Crippen LogP contribution in [-0.2, 0) is 10.0 Å². The van der Waals surface area contributed by atoms with E-state index < -0.39 is 10.0 Å². The van der Waals surface area contributed by atoms with Gasteiger partial charge in [0.15, 0.2) is 0 Å². The summed E-state index contributed by atoms with van der Waals surface area (Å²) < 4.78 is 42.4. The van der Waals surface area contributed by atoms with Gasteiger partial charge >= 0.3 is 0 Å². The molecule has 0 bridgehead atoms. The average Bonchev–Trinajstić information content (AvgIpc) is 3.15. The normalized spacial score (nSPS) is 11.3. The minimum Gasteiger partial charge on any atom is -0.497 e. The summed E-state index contributed by atoms with van der Waals surface area (Å²) in [5.41, 5.74) is 2.66. The zero-order valence-electron chi connectivity index (χ0n) is 16.5. The van der Waals surface area contributed by atoms with Gasteiger partial charge in [-0.1, -0.05) is 0 Å². The van der Waals surface area contributed by atoms with Crippen LogP contribution in [0.15, 0.2) is 54.6 Å². The van der Waals surface area contributed by atoms with E-state index in [9.17, 15) is 8.42 Å². The Balaban J connectivity index is 1.78. The second-order valence-corrected chi connectivity index (χ2v) is 8.05. The zero-order chi connectivity index (χ0) is 20.9. The van der Waals surface area contributed by atoms with Crippen molar-refractivity contribution in [2.75, 3.05) is 33.6 Å². The molecule has 29 heavy (non-hydrogen) atoms. The summed E-state index contributed by atoms with van der Waals surface area (Å²) in [6.07, 6.45) is 1.11. The van der Waals surface area contributed by atoms with E-state index >= 15 is 0 Å². The fraction of sp³-hybridized carbons (Fsp3) is 0.250. The minimum absolute atomic E-state index is 0.210. The van der Waals surface area contributed by atoms with E-state index in [2.05, 4.69) is 9.82 Å². The van der Waals surface area contributed by atoms with Gasteiger partial charge in [-0.3, -0.25) is 0 Å². The van der Waals surface area contributed by atoms with Crippen LogP contribution < -0.4 is 18.9 Å². The molecule has 0 fully saturated rings. The van der Waals surface area contributed by atoms with Crippen molar-refractivity contribution in [3.8, 4) is 34.3 Å². The predicted molar refractivity (Wildman–Crippen MR) is 110 cm³/mol. The second kappa shape index (κ2) is 8.97. The van der Waals surface area contributed by atoms with E-state index in [4.69, 9.17) is 14.2 Å². The van der Waals surface area contributed by atoms with Crippen LogP contribution in [0.4, 0.5) is 0 Å². The summed E-state index contributed by atoms with van der Waals surface area (Å²) in [7, 11) is -0.0180. The summed E-state index contributed by atoms with van der Waals surface area (Å²) in [5, 5.41) is 4.49. The average molecular weight is 417 g/mol. The van der Waals surface area contributed by atoms with Gasteiger partial charge < -0.3 is 14.2 Å². The molecule has 9 heteroatoms. The third kappa shape index (κ3) is 5.49. The van der Waals surface area contributed by atoms with Gasteiger partial charge in [-0.2, -0.15) is 0 Å². The highest BCUT2D eigenvalue weighted by atomic mass is 32.2. The van der Waals surface area contributed by atoms with Gasteiger partial charge in [0, 0.05) is 18.2 Å². The van der Waals surface area contributed by atoms with E-state index in [1.54, 1.807) is 18.9 Å². The van der Waals surface area contributed by atoms with E-state index in [0.29, 0.717) is 11.6 Å². The van der Waals surface area contributed by atoms with Crippen molar-refractivity contribution < 1.29 is 22.6 Å². The van der Waals surface area contributed by atoms with Crippen molar-refractivity contribution in [1.29, 1.82) is 0 Å². The lowest BCUT2D eigenvalue weighted by atomic mass is 10.1. The van der Waals surface area contributed by atoms with Gasteiger partial charge in [-0.05, 0) is 48.5 Å². The monoisotopic (exact) mass is 417 g/mol. The fourth-order valence-electron chi connectivity index (χ4n) is 2.70. The topological polar surface area (TPSA) is 91.7 Å². The second-order valence-electron chi connectivity index (χ2n) is 6.22. The Morgan fingerprint density at radius 1 is 0.966 bits per heavy atom. The highest BCUT2D eigenvalue weighted by Crippen LogP contribution is 2.29. The van der Waals surface area contributed by atoms with Crippen molar-refractivity contribution in [3.05, 3.63) is 54.6 Å². The van der Waals surface area contributed by atoms with Crippen molar-refractivity contribution in [3.63, 3.8) is 0 Å². The number of hydrogen-bond acceptors (Lipinski definition) is 6. The number of rotatable bonds is 9. The van der Waals surface area contributed by atoms with Crippen LogP contribution in [0.3, 0.4) is 0 Å². The quantitative estimate of drug-likeness (QED) is 0.538. The van der Waals surface area contributed by atoms with Gasteiger partial charge in [0.05, 0.1) is 31.9 Å². The largest absolute Gasteiger partial charge is 0.497 e. The molecule has 0 saturated carbocycles. The lowest BCUT2D eigenvalue weighted by Gasteiger charge is -2.10. The molecule has 3 aromatic rings. The molecule has 0 atom stereocenters. The third-order valence-corrected chi connectivity index (χ3v) is 4.83. The fourth-order valence-corrected chi connectivity index (χ4v) is 3.16. The molecular weight excluding hydrogens is 394 g/mol. The molecule has 1 N–H and O–H groups in total. The van der Waals surface area contributed by atoms with E-state index in [1.807, 2.05) is 54.6 Å². The Morgan fingerprint density at radius 2 is 1.62 bits per heavy atom. The Labute approximate surface area is 170 Å². The standard InChI is InChI=1S/C20H23N3O5S/c1-26-17-10-6-16(7-11-17)23-19(14-20(22-23)27-2)15-4-8-18(9-5-15)28-13-12-21-29(3,24)25/h4-11,14,21H,12-13H2,1-3H3. The molecule has 0 aliphatic heterocycles. The maximum atomic E-state index is 11.1. The molecule has 1 aromatic heterocycles. The van der Waals surface area contributed by atoms with Gasteiger partial charge in [0.2, 0.25) is 15.9 Å². The van der Waals surface area contributed by atoms with E-state index in [1.165, 1.54) is 0 Å². The first kappa shape index (κ1) is 20.7. The number of nitrogens with zero attached hydrogens (tertiary/aromatic N) is 2. The molecule has 0 aliphatic rings. The lowest BCUT2D eigenvalue weighted by Crippen LogP contribution is -2.26. The maximum absolute atomic E-state index is 11.1. The molecule has 0 aliphatic carbocycles. The molecule has 2 aromatic carbocycles. The lowest BCUT2D eigenvalue weighted by molar-refractivity contribution is 0.323. The van der Waals surface area contributed by atoms with Crippen LogP contribution in [0.2, 0.25) is 0 Å². The summed E-state index contributed by atoms with van der Waals surface area (Å²) in [6.45, 7) is 0.450. The number of benzene rings is 2. The SMILES string of the molecule is COc1ccc(-n2nc(OC)cc2-c2ccc(OCCNS(C)(=O)=O)cc2)cc1. The minimum atomic E-state index is -3.22. The van der Waals surface area contributed by atoms with Crippen LogP contribution in [0.25, 0.3) is 16.9 Å². The van der Waals surface area contributed by atoms with Crippen LogP contribution in [0.1, 0.15) is 0 Å². The molecule has 0 unspecified atom stereocenters. The third-order valence-electron chi connectivity index (χ3n) is 4.10. The summed E-state index contributed by atoms with van der Waals surface area (Å²) >= 11 is 0. The highest BCUT2D eigenvalue weighted by molar-refractivity contribution is 7.88. The molecule has 0 spiro atoms. The Morgan fingerprint density at radius 3 is 2.21 bits per heavy atom. The van der Waals surface area contributed by atoms with Crippen molar-refractivity contribution in [2.45, 2.75) is 0 Å². The first-order valence-electron chi connectivity index (χ1n) is 8.86. The molecule has 154 valence electrons. The van der Waals surface area contributed by atoms with Gasteiger partial charge in [-0.15, -0.1) is 5.10 Å². The van der Waals surface area contributed by atoms with Gasteiger partial charge in [0.1, 0.15) is 18.1 Å². The van der Waals surface area contributed by atoms with Crippen LogP contribution >= 0.6 is 0 Å². The predicted octanol–water partition coefficient (Wildman–Crippen LogP) is 2.48. The molecule has 3 rings (SSSR count). The number of hydrogen-bond donors (Lipinski definition) is 1. The first-order valence-corrected chi connectivity index (χ1v) is 10.7. The summed E-state index contributed by atoms with van der Waals surface area (Å²) in [5.74, 6) is 1.91. The Hall–Kier alpha value is -3.04. The van der Waals surface area contributed by atoms with Gasteiger partial charge in [0.25, 0.3) is 0 Å². The molecule has 0 amide bonds. The smallest absolute Gasteiger partial charge is 0.233 e. The number of ether oxygens (including phenoxy) is 3. The summed E-state index contributed by atoms with van der Waals surface area (Å²) in [4.78, 5) is 0. The van der Waals surface area contributed by atoms with Crippen molar-refractivity contribution >= 4 is 10.0 Å². The van der Waals surface area contributed by atoms with Crippen LogP contribution in [0.5, 0.6) is 17.4 Å². The van der Waals surface area contributed by atoms with Crippen LogP contribution in [0, 0.1) is 0 Å². The maximum Gasteiger partial charge on any atom is 0.233 e. The van der Waals surface area contributed by atoms with E-state index in [0.717, 1.165) is 29.0 Å². The molecule has 1 heterocycles. The number of nitrogens with one attached hydrogen (secondary N) is 1. The van der Waals surface area contributed by atoms with Crippen molar-refractivity contribution in [2.24, 2.45) is 0 Å². The Bertz CT molecular complexity index is 1040. The number of aromatic nitrogens is 2. The molecular formula is C20H23N3O5S. The molecule has 8 nitrogen and oxygen atoms in total. The first-order chi connectivity index (χ1) is 13.9.